The number of amides is 1. The van der Waals surface area contributed by atoms with Crippen LogP contribution in [0.4, 0.5) is 5.69 Å². The Morgan fingerprint density at radius 2 is 2.10 bits per heavy atom. The second-order valence-electron chi connectivity index (χ2n) is 7.65. The monoisotopic (exact) mass is 411 g/mol. The van der Waals surface area contributed by atoms with Gasteiger partial charge in [0.1, 0.15) is 6.17 Å². The van der Waals surface area contributed by atoms with E-state index in [4.69, 9.17) is 4.52 Å². The second-order valence-corrected chi connectivity index (χ2v) is 7.65. The molecule has 0 aliphatic carbocycles. The number of rotatable bonds is 4. The van der Waals surface area contributed by atoms with Crippen LogP contribution in [0.2, 0.25) is 0 Å². The summed E-state index contributed by atoms with van der Waals surface area (Å²) in [6.07, 6.45) is 3.30. The van der Waals surface area contributed by atoms with E-state index in [9.17, 15) is 14.9 Å². The highest BCUT2D eigenvalue weighted by atomic mass is 16.6. The first-order valence-electron chi connectivity index (χ1n) is 9.94. The molecule has 2 saturated heterocycles. The van der Waals surface area contributed by atoms with Crippen molar-refractivity contribution in [2.24, 2.45) is 5.92 Å². The number of allylic oxidation sites excluding steroid dienone is 1. The molecule has 4 heterocycles. The molecule has 5 rings (SSSR count). The molecule has 1 aromatic carbocycles. The van der Waals surface area contributed by atoms with E-state index >= 15 is 0 Å². The molecule has 0 bridgehead atoms. The summed E-state index contributed by atoms with van der Waals surface area (Å²) in [5.74, 6) is 0.608. The summed E-state index contributed by atoms with van der Waals surface area (Å²) in [5, 5.41) is 23.4. The van der Waals surface area contributed by atoms with Crippen LogP contribution in [0.1, 0.15) is 24.7 Å². The van der Waals surface area contributed by atoms with Gasteiger partial charge in [-0.1, -0.05) is 17.3 Å². The molecule has 1 aromatic heterocycles. The first kappa shape index (κ1) is 18.7. The Labute approximate surface area is 171 Å². The van der Waals surface area contributed by atoms with E-state index in [0.29, 0.717) is 23.9 Å². The Bertz CT molecular complexity index is 1010. The molecule has 0 radical (unpaired) electrons. The minimum absolute atomic E-state index is 0.0381. The topological polar surface area (TPSA) is 138 Å². The molecule has 2 unspecified atom stereocenters. The third-order valence-corrected chi connectivity index (χ3v) is 5.82. The number of hydrogen-bond acceptors (Lipinski definition) is 9. The second kappa shape index (κ2) is 7.50. The molecule has 1 amide bonds. The number of nitrogens with zero attached hydrogens (tertiary/aromatic N) is 4. The summed E-state index contributed by atoms with van der Waals surface area (Å²) in [4.78, 5) is 27.4. The summed E-state index contributed by atoms with van der Waals surface area (Å²) in [6, 6.07) is 6.10. The SMILES string of the molecule is O=C1C=C(C2CCNCC2)N2NCC(c3nc(-c4cccc([N+](=O)[O-])c4)no3)C2N1. The molecular formula is C19H21N7O4. The van der Waals surface area contributed by atoms with Crippen LogP contribution in [0.25, 0.3) is 11.4 Å². The quantitative estimate of drug-likeness (QED) is 0.494. The van der Waals surface area contributed by atoms with E-state index in [1.807, 2.05) is 5.01 Å². The number of hydrazine groups is 1. The average molecular weight is 411 g/mol. The van der Waals surface area contributed by atoms with Crippen LogP contribution in [0.5, 0.6) is 0 Å². The van der Waals surface area contributed by atoms with E-state index in [-0.39, 0.29) is 29.5 Å². The summed E-state index contributed by atoms with van der Waals surface area (Å²) in [7, 11) is 0. The highest BCUT2D eigenvalue weighted by Crippen LogP contribution is 2.35. The zero-order valence-electron chi connectivity index (χ0n) is 16.1. The fourth-order valence-corrected chi connectivity index (χ4v) is 4.31. The first-order chi connectivity index (χ1) is 14.6. The van der Waals surface area contributed by atoms with Gasteiger partial charge in [-0.15, -0.1) is 0 Å². The van der Waals surface area contributed by atoms with Crippen molar-refractivity contribution in [1.29, 1.82) is 0 Å². The van der Waals surface area contributed by atoms with Crippen molar-refractivity contribution in [3.63, 3.8) is 0 Å². The van der Waals surface area contributed by atoms with Crippen molar-refractivity contribution in [1.82, 2.24) is 31.2 Å². The number of carbonyl (C=O) groups excluding carboxylic acids is 1. The molecule has 3 N–H and O–H groups in total. The average Bonchev–Trinajstić information content (AvgIpc) is 3.41. The van der Waals surface area contributed by atoms with Gasteiger partial charge in [-0.05, 0) is 25.9 Å². The van der Waals surface area contributed by atoms with Crippen LogP contribution in [0, 0.1) is 16.0 Å². The Kier molecular flexibility index (Phi) is 4.68. The Morgan fingerprint density at radius 3 is 2.90 bits per heavy atom. The van der Waals surface area contributed by atoms with Crippen molar-refractivity contribution in [2.75, 3.05) is 19.6 Å². The van der Waals surface area contributed by atoms with E-state index in [1.165, 1.54) is 12.1 Å². The zero-order chi connectivity index (χ0) is 20.7. The van der Waals surface area contributed by atoms with Gasteiger partial charge in [0.2, 0.25) is 17.6 Å². The van der Waals surface area contributed by atoms with Gasteiger partial charge in [0.05, 0.1) is 10.8 Å². The first-order valence-corrected chi connectivity index (χ1v) is 9.94. The van der Waals surface area contributed by atoms with Crippen molar-refractivity contribution in [3.05, 3.63) is 52.0 Å². The van der Waals surface area contributed by atoms with Crippen LogP contribution < -0.4 is 16.1 Å². The Balaban J connectivity index is 1.39. The Morgan fingerprint density at radius 1 is 1.27 bits per heavy atom. The zero-order valence-corrected chi connectivity index (χ0v) is 16.1. The summed E-state index contributed by atoms with van der Waals surface area (Å²) < 4.78 is 5.49. The van der Waals surface area contributed by atoms with Crippen LogP contribution in [0.3, 0.4) is 0 Å². The molecule has 11 heteroatoms. The van der Waals surface area contributed by atoms with E-state index in [1.54, 1.807) is 18.2 Å². The van der Waals surface area contributed by atoms with Crippen molar-refractivity contribution >= 4 is 11.6 Å². The maximum atomic E-state index is 12.4. The lowest BCUT2D eigenvalue weighted by Crippen LogP contribution is -2.53. The van der Waals surface area contributed by atoms with Crippen LogP contribution in [-0.4, -0.2) is 51.8 Å². The lowest BCUT2D eigenvalue weighted by Gasteiger charge is -2.38. The fraction of sp³-hybridized carbons (Fsp3) is 0.421. The Hall–Kier alpha value is -3.31. The summed E-state index contributed by atoms with van der Waals surface area (Å²) in [5.41, 5.74) is 4.82. The third kappa shape index (κ3) is 3.31. The van der Waals surface area contributed by atoms with Gasteiger partial charge >= 0.3 is 0 Å². The van der Waals surface area contributed by atoms with Crippen LogP contribution in [0.15, 0.2) is 40.6 Å². The maximum Gasteiger partial charge on any atom is 0.270 e. The molecule has 2 aromatic rings. The molecule has 0 saturated carbocycles. The molecule has 0 spiro atoms. The number of non-ortho nitro benzene ring substituents is 1. The highest BCUT2D eigenvalue weighted by molar-refractivity contribution is 5.89. The van der Waals surface area contributed by atoms with E-state index in [0.717, 1.165) is 31.6 Å². The van der Waals surface area contributed by atoms with Gasteiger partial charge in [-0.25, -0.2) is 5.43 Å². The number of nitrogens with one attached hydrogen (secondary N) is 3. The van der Waals surface area contributed by atoms with Crippen LogP contribution in [-0.2, 0) is 4.79 Å². The minimum atomic E-state index is -0.463. The number of aromatic nitrogens is 2. The third-order valence-electron chi connectivity index (χ3n) is 5.82. The van der Waals surface area contributed by atoms with Crippen LogP contribution >= 0.6 is 0 Å². The maximum absolute atomic E-state index is 12.4. The molecule has 11 nitrogen and oxygen atoms in total. The lowest BCUT2D eigenvalue weighted by molar-refractivity contribution is -0.384. The molecule has 156 valence electrons. The number of nitro benzene ring substituents is 1. The molecule has 2 atom stereocenters. The van der Waals surface area contributed by atoms with Gasteiger partial charge < -0.3 is 15.2 Å². The number of fused-ring (bicyclic) bond motifs is 1. The largest absolute Gasteiger partial charge is 0.338 e. The standard InChI is InChI=1S/C19H21N7O4/c27-16-9-15(11-4-6-20-7-5-11)25-18(22-16)14(10-21-25)19-23-17(24-30-19)12-2-1-3-13(8-12)26(28)29/h1-3,8-9,11,14,18,20-21H,4-7,10H2,(H,22,27). The normalized spacial score (nSPS) is 24.3. The predicted molar refractivity (Wildman–Crippen MR) is 105 cm³/mol. The number of hydrogen-bond donors (Lipinski definition) is 3. The number of benzene rings is 1. The molecule has 3 aliphatic rings. The predicted octanol–water partition coefficient (Wildman–Crippen LogP) is 0.888. The van der Waals surface area contributed by atoms with Crippen molar-refractivity contribution in [3.8, 4) is 11.4 Å². The summed E-state index contributed by atoms with van der Waals surface area (Å²) in [6.45, 7) is 2.40. The summed E-state index contributed by atoms with van der Waals surface area (Å²) >= 11 is 0. The van der Waals surface area contributed by atoms with Gasteiger partial charge in [0.25, 0.3) is 5.69 Å². The van der Waals surface area contributed by atoms with Gasteiger partial charge in [-0.2, -0.15) is 4.98 Å². The van der Waals surface area contributed by atoms with E-state index < -0.39 is 4.92 Å². The van der Waals surface area contributed by atoms with Crippen molar-refractivity contribution in [2.45, 2.75) is 24.9 Å². The molecule has 2 fully saturated rings. The van der Waals surface area contributed by atoms with E-state index in [2.05, 4.69) is 26.2 Å². The molecular weight excluding hydrogens is 390 g/mol. The molecule has 30 heavy (non-hydrogen) atoms. The van der Waals surface area contributed by atoms with Gasteiger partial charge in [0, 0.05) is 41.9 Å². The minimum Gasteiger partial charge on any atom is -0.338 e. The fourth-order valence-electron chi connectivity index (χ4n) is 4.31. The van der Waals surface area contributed by atoms with Gasteiger partial charge in [-0.3, -0.25) is 19.9 Å². The lowest BCUT2D eigenvalue weighted by atomic mass is 9.92. The van der Waals surface area contributed by atoms with Gasteiger partial charge in [0.15, 0.2) is 0 Å². The van der Waals surface area contributed by atoms with Crippen molar-refractivity contribution < 1.29 is 14.2 Å². The number of nitro groups is 1. The highest BCUT2D eigenvalue weighted by Gasteiger charge is 2.44. The number of piperidine rings is 1. The smallest absolute Gasteiger partial charge is 0.270 e. The molecule has 3 aliphatic heterocycles. The number of carbonyl (C=O) groups is 1.